The Hall–Kier alpha value is -0.460. The summed E-state index contributed by atoms with van der Waals surface area (Å²) in [5.41, 5.74) is 0.962. The van der Waals surface area contributed by atoms with Crippen molar-refractivity contribution < 1.29 is 4.74 Å². The fraction of sp³-hybridized carbons (Fsp3) is 0.800. The number of hydrogen-bond donors (Lipinski definition) is 0. The summed E-state index contributed by atoms with van der Waals surface area (Å²) >= 11 is 3.48. The van der Waals surface area contributed by atoms with E-state index in [1.807, 2.05) is 17.8 Å². The lowest BCUT2D eigenvalue weighted by molar-refractivity contribution is -0.0292. The first kappa shape index (κ1) is 12.0. The SMILES string of the molecule is CC(Br)c1cn(CC2CN(C)CCO2)nn1. The van der Waals surface area contributed by atoms with E-state index in [0.717, 1.165) is 31.9 Å². The van der Waals surface area contributed by atoms with E-state index < -0.39 is 0 Å². The van der Waals surface area contributed by atoms with Gasteiger partial charge >= 0.3 is 0 Å². The normalized spacial score (nSPS) is 24.6. The van der Waals surface area contributed by atoms with Gasteiger partial charge in [0.15, 0.2) is 0 Å². The first-order valence-corrected chi connectivity index (χ1v) is 6.41. The molecule has 2 unspecified atom stereocenters. The number of halogens is 1. The fourth-order valence-electron chi connectivity index (χ4n) is 1.77. The third kappa shape index (κ3) is 3.02. The molecule has 2 rings (SSSR count). The number of rotatable bonds is 3. The van der Waals surface area contributed by atoms with Crippen molar-refractivity contribution in [2.45, 2.75) is 24.4 Å². The zero-order valence-electron chi connectivity index (χ0n) is 9.64. The Bertz CT molecular complexity index is 341. The molecule has 1 aromatic heterocycles. The summed E-state index contributed by atoms with van der Waals surface area (Å²) in [6, 6.07) is 0. The van der Waals surface area contributed by atoms with Crippen molar-refractivity contribution >= 4 is 15.9 Å². The molecule has 2 heterocycles. The Labute approximate surface area is 104 Å². The Kier molecular flexibility index (Phi) is 3.94. The maximum atomic E-state index is 5.68. The summed E-state index contributed by atoms with van der Waals surface area (Å²) in [5, 5.41) is 8.19. The summed E-state index contributed by atoms with van der Waals surface area (Å²) < 4.78 is 7.54. The Morgan fingerprint density at radius 2 is 2.50 bits per heavy atom. The van der Waals surface area contributed by atoms with E-state index >= 15 is 0 Å². The molecule has 0 saturated carbocycles. The quantitative estimate of drug-likeness (QED) is 0.781. The molecule has 0 aromatic carbocycles. The standard InChI is InChI=1S/C10H17BrN4O/c1-8(11)10-7-15(13-12-10)6-9-5-14(2)3-4-16-9/h7-9H,3-6H2,1-2H3. The van der Waals surface area contributed by atoms with Gasteiger partial charge in [0.2, 0.25) is 0 Å². The minimum Gasteiger partial charge on any atom is -0.374 e. The highest BCUT2D eigenvalue weighted by molar-refractivity contribution is 9.09. The molecule has 0 spiro atoms. The van der Waals surface area contributed by atoms with Crippen LogP contribution in [0.25, 0.3) is 0 Å². The molecular weight excluding hydrogens is 272 g/mol. The summed E-state index contributed by atoms with van der Waals surface area (Å²) in [4.78, 5) is 2.52. The average molecular weight is 289 g/mol. The van der Waals surface area contributed by atoms with Crippen molar-refractivity contribution in [1.82, 2.24) is 19.9 Å². The summed E-state index contributed by atoms with van der Waals surface area (Å²) in [5.74, 6) is 0. The molecule has 0 aliphatic carbocycles. The van der Waals surface area contributed by atoms with Crippen LogP contribution < -0.4 is 0 Å². The maximum absolute atomic E-state index is 5.68. The molecule has 1 fully saturated rings. The molecule has 1 aliphatic rings. The van der Waals surface area contributed by atoms with E-state index in [2.05, 4.69) is 38.2 Å². The van der Waals surface area contributed by atoms with Gasteiger partial charge in [0, 0.05) is 19.3 Å². The number of alkyl halides is 1. The summed E-state index contributed by atoms with van der Waals surface area (Å²) in [6.07, 6.45) is 2.19. The van der Waals surface area contributed by atoms with E-state index in [-0.39, 0.29) is 10.9 Å². The monoisotopic (exact) mass is 288 g/mol. The Balaban J connectivity index is 1.92. The first-order valence-electron chi connectivity index (χ1n) is 5.49. The molecule has 0 radical (unpaired) electrons. The molecule has 0 N–H and O–H groups in total. The average Bonchev–Trinajstić information content (AvgIpc) is 2.66. The first-order chi connectivity index (χ1) is 7.65. The molecular formula is C10H17BrN4O. The fourth-order valence-corrected chi connectivity index (χ4v) is 1.98. The predicted octanol–water partition coefficient (Wildman–Crippen LogP) is 1.06. The minimum atomic E-state index is 0.221. The highest BCUT2D eigenvalue weighted by atomic mass is 79.9. The van der Waals surface area contributed by atoms with Gasteiger partial charge in [0.1, 0.15) is 0 Å². The van der Waals surface area contributed by atoms with Gasteiger partial charge < -0.3 is 9.64 Å². The van der Waals surface area contributed by atoms with E-state index in [4.69, 9.17) is 4.74 Å². The zero-order chi connectivity index (χ0) is 11.5. The summed E-state index contributed by atoms with van der Waals surface area (Å²) in [6.45, 7) is 5.59. The molecule has 16 heavy (non-hydrogen) atoms. The van der Waals surface area contributed by atoms with Crippen LogP contribution in [0, 0.1) is 0 Å². The van der Waals surface area contributed by atoms with Gasteiger partial charge in [-0.1, -0.05) is 21.1 Å². The van der Waals surface area contributed by atoms with Gasteiger partial charge in [0.05, 0.1) is 29.8 Å². The number of ether oxygens (including phenoxy) is 1. The van der Waals surface area contributed by atoms with Crippen LogP contribution in [0.15, 0.2) is 6.20 Å². The lowest BCUT2D eigenvalue weighted by Crippen LogP contribution is -2.42. The van der Waals surface area contributed by atoms with Gasteiger partial charge in [0.25, 0.3) is 0 Å². The van der Waals surface area contributed by atoms with Gasteiger partial charge in [-0.05, 0) is 14.0 Å². The van der Waals surface area contributed by atoms with E-state index in [1.165, 1.54) is 0 Å². The predicted molar refractivity (Wildman–Crippen MR) is 64.6 cm³/mol. The molecule has 0 bridgehead atoms. The van der Waals surface area contributed by atoms with E-state index in [1.54, 1.807) is 0 Å². The van der Waals surface area contributed by atoms with Crippen molar-refractivity contribution in [2.75, 3.05) is 26.7 Å². The van der Waals surface area contributed by atoms with Gasteiger partial charge in [-0.2, -0.15) is 0 Å². The van der Waals surface area contributed by atoms with Crippen LogP contribution in [0.4, 0.5) is 0 Å². The smallest absolute Gasteiger partial charge is 0.0960 e. The van der Waals surface area contributed by atoms with Crippen LogP contribution in [0.2, 0.25) is 0 Å². The maximum Gasteiger partial charge on any atom is 0.0960 e. The Morgan fingerprint density at radius 3 is 3.12 bits per heavy atom. The molecule has 1 aromatic rings. The number of morpholine rings is 1. The van der Waals surface area contributed by atoms with Crippen molar-refractivity contribution in [3.05, 3.63) is 11.9 Å². The second-order valence-corrected chi connectivity index (χ2v) is 5.61. The van der Waals surface area contributed by atoms with E-state index in [9.17, 15) is 0 Å². The van der Waals surface area contributed by atoms with Crippen molar-refractivity contribution in [3.63, 3.8) is 0 Å². The lowest BCUT2D eigenvalue weighted by Gasteiger charge is -2.29. The largest absolute Gasteiger partial charge is 0.374 e. The van der Waals surface area contributed by atoms with Gasteiger partial charge in [-0.3, -0.25) is 0 Å². The molecule has 6 heteroatoms. The van der Waals surface area contributed by atoms with Crippen molar-refractivity contribution in [2.24, 2.45) is 0 Å². The van der Waals surface area contributed by atoms with Crippen LogP contribution in [0.5, 0.6) is 0 Å². The number of hydrogen-bond acceptors (Lipinski definition) is 4. The number of likely N-dealkylation sites (N-methyl/N-ethyl adjacent to an activating group) is 1. The van der Waals surface area contributed by atoms with Crippen molar-refractivity contribution in [1.29, 1.82) is 0 Å². The second-order valence-electron chi connectivity index (χ2n) is 4.24. The minimum absolute atomic E-state index is 0.221. The van der Waals surface area contributed by atoms with Gasteiger partial charge in [-0.15, -0.1) is 5.10 Å². The molecule has 1 aliphatic heterocycles. The highest BCUT2D eigenvalue weighted by Gasteiger charge is 2.19. The Morgan fingerprint density at radius 1 is 1.69 bits per heavy atom. The topological polar surface area (TPSA) is 43.2 Å². The van der Waals surface area contributed by atoms with Crippen LogP contribution in [0.3, 0.4) is 0 Å². The van der Waals surface area contributed by atoms with Crippen LogP contribution >= 0.6 is 15.9 Å². The van der Waals surface area contributed by atoms with Crippen molar-refractivity contribution in [3.8, 4) is 0 Å². The van der Waals surface area contributed by atoms with Crippen LogP contribution in [0.1, 0.15) is 17.4 Å². The van der Waals surface area contributed by atoms with Crippen LogP contribution in [-0.2, 0) is 11.3 Å². The molecule has 5 nitrogen and oxygen atoms in total. The molecule has 0 amide bonds. The van der Waals surface area contributed by atoms with Crippen LogP contribution in [-0.4, -0.2) is 52.7 Å². The summed E-state index contributed by atoms with van der Waals surface area (Å²) in [7, 11) is 2.11. The number of nitrogens with zero attached hydrogens (tertiary/aromatic N) is 4. The molecule has 1 saturated heterocycles. The lowest BCUT2D eigenvalue weighted by atomic mass is 10.3. The third-order valence-electron chi connectivity index (χ3n) is 2.70. The van der Waals surface area contributed by atoms with E-state index in [0.29, 0.717) is 0 Å². The number of aromatic nitrogens is 3. The molecule has 2 atom stereocenters. The second kappa shape index (κ2) is 5.25. The highest BCUT2D eigenvalue weighted by Crippen LogP contribution is 2.18. The zero-order valence-corrected chi connectivity index (χ0v) is 11.2. The third-order valence-corrected chi connectivity index (χ3v) is 3.17. The van der Waals surface area contributed by atoms with Gasteiger partial charge in [-0.25, -0.2) is 4.68 Å². The molecule has 90 valence electrons.